The fourth-order valence-electron chi connectivity index (χ4n) is 2.15. The van der Waals surface area contributed by atoms with Crippen LogP contribution in [0.25, 0.3) is 0 Å². The van der Waals surface area contributed by atoms with Crippen molar-refractivity contribution < 1.29 is 24.3 Å². The third-order valence-electron chi connectivity index (χ3n) is 2.91. The van der Waals surface area contributed by atoms with Gasteiger partial charge in [0.15, 0.2) is 11.5 Å². The summed E-state index contributed by atoms with van der Waals surface area (Å²) >= 11 is 0. The third kappa shape index (κ3) is 2.32. The van der Waals surface area contributed by atoms with Crippen LogP contribution in [0.3, 0.4) is 0 Å². The first-order valence-electron chi connectivity index (χ1n) is 5.39. The number of hydrogen-bond donors (Lipinski definition) is 2. The van der Waals surface area contributed by atoms with E-state index < -0.39 is 17.2 Å². The summed E-state index contributed by atoms with van der Waals surface area (Å²) in [6.45, 7) is 4.13. The van der Waals surface area contributed by atoms with Gasteiger partial charge in [0, 0.05) is 18.9 Å². The second-order valence-electron chi connectivity index (χ2n) is 4.95. The summed E-state index contributed by atoms with van der Waals surface area (Å²) < 4.78 is 10.4. The lowest BCUT2D eigenvalue weighted by atomic mass is 9.82. The molecule has 0 saturated carbocycles. The molecule has 0 amide bonds. The zero-order valence-electron chi connectivity index (χ0n) is 9.77. The van der Waals surface area contributed by atoms with Crippen molar-refractivity contribution in [2.75, 3.05) is 6.61 Å². The lowest BCUT2D eigenvalue weighted by Crippen LogP contribution is -2.43. The van der Waals surface area contributed by atoms with Crippen molar-refractivity contribution in [3.05, 3.63) is 17.5 Å². The fourth-order valence-corrected chi connectivity index (χ4v) is 2.15. The van der Waals surface area contributed by atoms with Crippen LogP contribution in [0.4, 0.5) is 0 Å². The van der Waals surface area contributed by atoms with E-state index in [1.165, 1.54) is 6.07 Å². The standard InChI is InChI=1S/C11H15NO5/c1-10(2)6-11(15,3-4-16-10)8-5-7(9(13)14)12-17-8/h5,15H,3-4,6H2,1-2H3,(H,13,14)/t11-/m1/s1. The molecule has 0 unspecified atom stereocenters. The van der Waals surface area contributed by atoms with Gasteiger partial charge >= 0.3 is 5.97 Å². The second kappa shape index (κ2) is 3.82. The first kappa shape index (κ1) is 12.1. The quantitative estimate of drug-likeness (QED) is 0.806. The van der Waals surface area contributed by atoms with Crippen LogP contribution in [0, 0.1) is 0 Å². The number of ether oxygens (including phenoxy) is 1. The van der Waals surface area contributed by atoms with Crippen molar-refractivity contribution in [2.45, 2.75) is 37.9 Å². The zero-order valence-corrected chi connectivity index (χ0v) is 9.77. The summed E-state index contributed by atoms with van der Waals surface area (Å²) in [7, 11) is 0. The van der Waals surface area contributed by atoms with Crippen molar-refractivity contribution in [3.63, 3.8) is 0 Å². The first-order valence-corrected chi connectivity index (χ1v) is 5.39. The second-order valence-corrected chi connectivity index (χ2v) is 4.95. The van der Waals surface area contributed by atoms with Crippen molar-refractivity contribution in [3.8, 4) is 0 Å². The molecule has 94 valence electrons. The molecule has 1 saturated heterocycles. The Morgan fingerprint density at radius 2 is 2.24 bits per heavy atom. The number of hydrogen-bond acceptors (Lipinski definition) is 5. The molecule has 0 bridgehead atoms. The molecule has 0 radical (unpaired) electrons. The maximum atomic E-state index is 10.7. The van der Waals surface area contributed by atoms with Gasteiger partial charge in [-0.15, -0.1) is 0 Å². The van der Waals surface area contributed by atoms with Gasteiger partial charge in [-0.2, -0.15) is 0 Å². The Morgan fingerprint density at radius 3 is 2.76 bits per heavy atom. The molecule has 0 spiro atoms. The van der Waals surface area contributed by atoms with Crippen LogP contribution in [-0.4, -0.2) is 33.5 Å². The molecule has 2 rings (SSSR count). The third-order valence-corrected chi connectivity index (χ3v) is 2.91. The lowest BCUT2D eigenvalue weighted by Gasteiger charge is -2.39. The summed E-state index contributed by atoms with van der Waals surface area (Å²) in [5, 5.41) is 22.6. The molecule has 1 aliphatic heterocycles. The van der Waals surface area contributed by atoms with Gasteiger partial charge in [-0.05, 0) is 13.8 Å². The van der Waals surface area contributed by atoms with Crippen molar-refractivity contribution in [1.82, 2.24) is 5.16 Å². The van der Waals surface area contributed by atoms with Crippen LogP contribution in [-0.2, 0) is 10.3 Å². The maximum absolute atomic E-state index is 10.7. The molecule has 6 nitrogen and oxygen atoms in total. The largest absolute Gasteiger partial charge is 0.476 e. The van der Waals surface area contributed by atoms with E-state index in [1.54, 1.807) is 0 Å². The van der Waals surface area contributed by atoms with Crippen LogP contribution in [0.15, 0.2) is 10.6 Å². The summed E-state index contributed by atoms with van der Waals surface area (Å²) in [6.07, 6.45) is 0.707. The molecule has 1 aromatic heterocycles. The highest BCUT2D eigenvalue weighted by molar-refractivity contribution is 5.85. The monoisotopic (exact) mass is 241 g/mol. The van der Waals surface area contributed by atoms with Gasteiger partial charge in [-0.25, -0.2) is 4.79 Å². The minimum absolute atomic E-state index is 0.186. The van der Waals surface area contributed by atoms with Crippen LogP contribution < -0.4 is 0 Å². The number of carbonyl (C=O) groups is 1. The Morgan fingerprint density at radius 1 is 1.53 bits per heavy atom. The highest BCUT2D eigenvalue weighted by Gasteiger charge is 2.43. The molecule has 1 atom stereocenters. The Labute approximate surface area is 98.2 Å². The van der Waals surface area contributed by atoms with E-state index in [9.17, 15) is 9.90 Å². The predicted octanol–water partition coefficient (Wildman–Crippen LogP) is 1.15. The Kier molecular flexibility index (Phi) is 2.71. The van der Waals surface area contributed by atoms with Crippen molar-refractivity contribution >= 4 is 5.97 Å². The predicted molar refractivity (Wildman–Crippen MR) is 56.6 cm³/mol. The number of aromatic carboxylic acids is 1. The maximum Gasteiger partial charge on any atom is 0.358 e. The average Bonchev–Trinajstić information content (AvgIpc) is 2.64. The van der Waals surface area contributed by atoms with E-state index in [2.05, 4.69) is 5.16 Å². The van der Waals surface area contributed by atoms with Gasteiger partial charge in [0.1, 0.15) is 5.60 Å². The molecule has 2 N–H and O–H groups in total. The summed E-state index contributed by atoms with van der Waals surface area (Å²) in [6, 6.07) is 1.27. The smallest absolute Gasteiger partial charge is 0.358 e. The molecule has 1 fully saturated rings. The van der Waals surface area contributed by atoms with E-state index in [0.29, 0.717) is 19.4 Å². The molecular weight excluding hydrogens is 226 g/mol. The number of nitrogens with zero attached hydrogens (tertiary/aromatic N) is 1. The van der Waals surface area contributed by atoms with Gasteiger partial charge in [0.05, 0.1) is 12.2 Å². The number of aromatic nitrogens is 1. The van der Waals surface area contributed by atoms with E-state index in [1.807, 2.05) is 13.8 Å². The molecule has 1 aliphatic rings. The van der Waals surface area contributed by atoms with Gasteiger partial charge < -0.3 is 19.5 Å². The molecule has 6 heteroatoms. The number of carboxylic acids is 1. The van der Waals surface area contributed by atoms with Gasteiger partial charge in [-0.1, -0.05) is 5.16 Å². The molecule has 1 aromatic rings. The van der Waals surface area contributed by atoms with E-state index >= 15 is 0 Å². The van der Waals surface area contributed by atoms with E-state index in [4.69, 9.17) is 14.4 Å². The highest BCUT2D eigenvalue weighted by Crippen LogP contribution is 2.39. The fraction of sp³-hybridized carbons (Fsp3) is 0.636. The van der Waals surface area contributed by atoms with Crippen LogP contribution in [0.2, 0.25) is 0 Å². The molecule has 0 aliphatic carbocycles. The van der Waals surface area contributed by atoms with Crippen LogP contribution in [0.5, 0.6) is 0 Å². The molecule has 17 heavy (non-hydrogen) atoms. The van der Waals surface area contributed by atoms with Crippen molar-refractivity contribution in [2.24, 2.45) is 0 Å². The molecule has 0 aromatic carbocycles. The minimum atomic E-state index is -1.21. The minimum Gasteiger partial charge on any atom is -0.476 e. The number of aliphatic hydroxyl groups is 1. The van der Waals surface area contributed by atoms with Gasteiger partial charge in [0.2, 0.25) is 0 Å². The first-order chi connectivity index (χ1) is 7.82. The summed E-state index contributed by atoms with van der Waals surface area (Å²) in [4.78, 5) is 10.7. The summed E-state index contributed by atoms with van der Waals surface area (Å²) in [5.74, 6) is -0.985. The summed E-state index contributed by atoms with van der Waals surface area (Å²) in [5.41, 5.74) is -1.87. The topological polar surface area (TPSA) is 92.8 Å². The Bertz CT molecular complexity index is 439. The molecular formula is C11H15NO5. The average molecular weight is 241 g/mol. The highest BCUT2D eigenvalue weighted by atomic mass is 16.5. The van der Waals surface area contributed by atoms with Gasteiger partial charge in [-0.3, -0.25) is 0 Å². The number of rotatable bonds is 2. The van der Waals surface area contributed by atoms with Crippen molar-refractivity contribution in [1.29, 1.82) is 0 Å². The van der Waals surface area contributed by atoms with E-state index in [0.717, 1.165) is 0 Å². The van der Waals surface area contributed by atoms with Gasteiger partial charge in [0.25, 0.3) is 0 Å². The molecule has 2 heterocycles. The van der Waals surface area contributed by atoms with Crippen LogP contribution >= 0.6 is 0 Å². The van der Waals surface area contributed by atoms with E-state index in [-0.39, 0.29) is 11.5 Å². The number of carboxylic acid groups (broad SMARTS) is 1. The zero-order chi connectivity index (χ0) is 12.7. The van der Waals surface area contributed by atoms with Crippen LogP contribution in [0.1, 0.15) is 42.9 Å². The lowest BCUT2D eigenvalue weighted by molar-refractivity contribution is -0.156. The Balaban J connectivity index is 2.27. The SMILES string of the molecule is CC1(C)C[C@@](O)(c2cc(C(=O)O)no2)CCO1. The Hall–Kier alpha value is -1.40. The normalized spacial score (nSPS) is 27.9.